The van der Waals surface area contributed by atoms with Gasteiger partial charge >= 0.3 is 23.9 Å². The molecule has 10 nitrogen and oxygen atoms in total. The average Bonchev–Trinajstić information content (AvgIpc) is 2.71. The monoisotopic (exact) mass is 494 g/mol. The first-order chi connectivity index (χ1) is 15.5. The van der Waals surface area contributed by atoms with Gasteiger partial charge in [-0.15, -0.1) is 25.3 Å². The first-order valence-electron chi connectivity index (χ1n) is 9.55. The van der Waals surface area contributed by atoms with Gasteiger partial charge in [-0.2, -0.15) is 0 Å². The van der Waals surface area contributed by atoms with Gasteiger partial charge in [-0.1, -0.05) is 0 Å². The van der Waals surface area contributed by atoms with Crippen molar-refractivity contribution < 1.29 is 39.6 Å². The summed E-state index contributed by atoms with van der Waals surface area (Å²) in [7, 11) is 0. The maximum atomic E-state index is 11.4. The Morgan fingerprint density at radius 2 is 1.03 bits per heavy atom. The molecule has 0 fully saturated rings. The average molecular weight is 495 g/mol. The van der Waals surface area contributed by atoms with Gasteiger partial charge in [0.25, 0.3) is 0 Å². The molecule has 0 spiro atoms. The second-order valence-corrected chi connectivity index (χ2v) is 7.97. The Balaban J connectivity index is 2.21. The van der Waals surface area contributed by atoms with Crippen LogP contribution in [0.3, 0.4) is 0 Å². The van der Waals surface area contributed by atoms with E-state index in [2.05, 4.69) is 25.3 Å². The zero-order chi connectivity index (χ0) is 24.7. The number of benzene rings is 2. The van der Waals surface area contributed by atoms with Gasteiger partial charge in [-0.3, -0.25) is 9.59 Å². The molecule has 0 unspecified atom stereocenters. The zero-order valence-electron chi connectivity index (χ0n) is 17.2. The van der Waals surface area contributed by atoms with Crippen LogP contribution in [0.5, 0.6) is 0 Å². The summed E-state index contributed by atoms with van der Waals surface area (Å²) in [6.45, 7) is -0.330. The Morgan fingerprint density at radius 1 is 0.667 bits per heavy atom. The first kappa shape index (κ1) is 25.9. The second-order valence-electron chi connectivity index (χ2n) is 7.00. The molecule has 0 heterocycles. The quantitative estimate of drug-likeness (QED) is 0.242. The lowest BCUT2D eigenvalue weighted by atomic mass is 10.1. The predicted octanol–water partition coefficient (Wildman–Crippen LogP) is 2.53. The van der Waals surface area contributed by atoms with Crippen LogP contribution in [0, 0.1) is 0 Å². The van der Waals surface area contributed by atoms with Gasteiger partial charge in [0.05, 0.1) is 22.5 Å². The number of carboxylic acid groups (broad SMARTS) is 4. The molecule has 0 amide bonds. The van der Waals surface area contributed by atoms with Gasteiger partial charge in [-0.05, 0) is 42.8 Å². The van der Waals surface area contributed by atoms with Crippen LogP contribution < -0.4 is 9.80 Å². The van der Waals surface area contributed by atoms with Gasteiger partial charge in [0.15, 0.2) is 0 Å². The van der Waals surface area contributed by atoms with Gasteiger partial charge in [-0.25, -0.2) is 9.59 Å². The van der Waals surface area contributed by atoms with Crippen molar-refractivity contribution in [3.8, 4) is 0 Å². The highest BCUT2D eigenvalue weighted by atomic mass is 32.1. The van der Waals surface area contributed by atoms with Crippen LogP contribution in [-0.4, -0.2) is 70.5 Å². The topological polar surface area (TPSA) is 156 Å². The maximum absolute atomic E-state index is 11.4. The predicted molar refractivity (Wildman–Crippen MR) is 126 cm³/mol. The van der Waals surface area contributed by atoms with Crippen molar-refractivity contribution in [2.24, 2.45) is 0 Å². The molecule has 0 saturated carbocycles. The lowest BCUT2D eigenvalue weighted by Crippen LogP contribution is -2.35. The van der Waals surface area contributed by atoms with Crippen LogP contribution in [0.2, 0.25) is 0 Å². The molecule has 0 aliphatic carbocycles. The Kier molecular flexibility index (Phi) is 9.00. The highest BCUT2D eigenvalue weighted by Crippen LogP contribution is 2.28. The van der Waals surface area contributed by atoms with Crippen LogP contribution >= 0.6 is 25.3 Å². The summed E-state index contributed by atoms with van der Waals surface area (Å²) in [5.41, 5.74) is 0.878. The molecule has 0 aromatic heterocycles. The Hall–Kier alpha value is -3.38. The first-order valence-corrected chi connectivity index (χ1v) is 10.4. The molecule has 2 aromatic carbocycles. The largest absolute Gasteiger partial charge is 0.480 e. The number of thiol groups is 2. The van der Waals surface area contributed by atoms with E-state index in [0.29, 0.717) is 27.6 Å². The SMILES string of the molecule is O=C(O)CN(CCCN(CC(=O)O)c1ccc(C(=O)O)cc1S)c1ccc(C(=O)O)cc1S. The maximum Gasteiger partial charge on any atom is 0.335 e. The summed E-state index contributed by atoms with van der Waals surface area (Å²) in [6, 6.07) is 8.29. The fraction of sp³-hybridized carbons (Fsp3) is 0.238. The molecule has 0 aliphatic heterocycles. The number of aromatic carboxylic acids is 2. The molecule has 0 bridgehead atoms. The van der Waals surface area contributed by atoms with E-state index in [1.807, 2.05) is 0 Å². The molecule has 176 valence electrons. The summed E-state index contributed by atoms with van der Waals surface area (Å²) in [6.07, 6.45) is 0.336. The fourth-order valence-corrected chi connectivity index (χ4v) is 3.91. The highest BCUT2D eigenvalue weighted by Gasteiger charge is 2.18. The van der Waals surface area contributed by atoms with Crippen molar-refractivity contribution in [2.45, 2.75) is 16.2 Å². The van der Waals surface area contributed by atoms with Crippen LogP contribution in [0.1, 0.15) is 27.1 Å². The van der Waals surface area contributed by atoms with Gasteiger partial charge in [0, 0.05) is 22.9 Å². The molecule has 0 aliphatic rings. The molecular weight excluding hydrogens is 472 g/mol. The number of anilines is 2. The van der Waals surface area contributed by atoms with Crippen molar-refractivity contribution in [3.05, 3.63) is 47.5 Å². The third-order valence-corrected chi connectivity index (χ3v) is 5.35. The Bertz CT molecular complexity index is 993. The summed E-state index contributed by atoms with van der Waals surface area (Å²) in [5, 5.41) is 36.8. The third kappa shape index (κ3) is 7.32. The highest BCUT2D eigenvalue weighted by molar-refractivity contribution is 7.80. The van der Waals surface area contributed by atoms with Crippen LogP contribution in [0.25, 0.3) is 0 Å². The number of carboxylic acids is 4. The summed E-state index contributed by atoms with van der Waals surface area (Å²) in [4.78, 5) is 48.6. The summed E-state index contributed by atoms with van der Waals surface area (Å²) < 4.78 is 0. The van der Waals surface area contributed by atoms with E-state index in [9.17, 15) is 29.4 Å². The molecular formula is C21H22N2O8S2. The number of aliphatic carboxylic acids is 2. The Morgan fingerprint density at radius 3 is 1.30 bits per heavy atom. The van der Waals surface area contributed by atoms with E-state index in [0.717, 1.165) is 0 Å². The summed E-state index contributed by atoms with van der Waals surface area (Å²) >= 11 is 8.57. The minimum absolute atomic E-state index is 0.0118. The third-order valence-electron chi connectivity index (χ3n) is 4.63. The normalized spacial score (nSPS) is 10.5. The summed E-state index contributed by atoms with van der Waals surface area (Å²) in [5.74, 6) is -4.48. The number of rotatable bonds is 12. The molecule has 2 rings (SSSR count). The molecule has 2 aromatic rings. The van der Waals surface area contributed by atoms with Gasteiger partial charge < -0.3 is 30.2 Å². The van der Waals surface area contributed by atoms with Gasteiger partial charge in [0.1, 0.15) is 13.1 Å². The molecule has 0 radical (unpaired) electrons. The number of hydrogen-bond donors (Lipinski definition) is 6. The Labute approximate surface area is 199 Å². The standard InChI is InChI=1S/C21H22N2O8S2/c24-18(25)10-22(14-4-2-12(20(28)29)8-16(14)32)6-1-7-23(11-19(26)27)15-5-3-13(21(30)31)9-17(15)33/h2-5,8-9,32-33H,1,6-7,10-11H2,(H,24,25)(H,26,27)(H,28,29)(H,30,31). The van der Waals surface area contributed by atoms with Crippen molar-refractivity contribution in [1.29, 1.82) is 0 Å². The van der Waals surface area contributed by atoms with E-state index in [4.69, 9.17) is 10.2 Å². The van der Waals surface area contributed by atoms with E-state index in [1.165, 1.54) is 46.2 Å². The molecule has 33 heavy (non-hydrogen) atoms. The van der Waals surface area contributed by atoms with E-state index < -0.39 is 23.9 Å². The van der Waals surface area contributed by atoms with Gasteiger partial charge in [0.2, 0.25) is 0 Å². The van der Waals surface area contributed by atoms with E-state index in [-0.39, 0.29) is 37.3 Å². The van der Waals surface area contributed by atoms with Crippen molar-refractivity contribution in [2.75, 3.05) is 36.0 Å². The fourth-order valence-electron chi connectivity index (χ4n) is 3.20. The van der Waals surface area contributed by atoms with E-state index in [1.54, 1.807) is 0 Å². The number of nitrogens with zero attached hydrogens (tertiary/aromatic N) is 2. The smallest absolute Gasteiger partial charge is 0.335 e. The number of carbonyl (C=O) groups is 4. The lowest BCUT2D eigenvalue weighted by molar-refractivity contribution is -0.136. The van der Waals surface area contributed by atoms with Crippen molar-refractivity contribution >= 4 is 60.5 Å². The second kappa shape index (κ2) is 11.5. The van der Waals surface area contributed by atoms with Crippen LogP contribution in [0.4, 0.5) is 11.4 Å². The molecule has 12 heteroatoms. The number of hydrogen-bond acceptors (Lipinski definition) is 8. The van der Waals surface area contributed by atoms with E-state index >= 15 is 0 Å². The molecule has 4 N–H and O–H groups in total. The minimum atomic E-state index is -1.14. The van der Waals surface area contributed by atoms with Crippen molar-refractivity contribution in [3.63, 3.8) is 0 Å². The van der Waals surface area contributed by atoms with Crippen molar-refractivity contribution in [1.82, 2.24) is 0 Å². The lowest BCUT2D eigenvalue weighted by Gasteiger charge is -2.28. The zero-order valence-corrected chi connectivity index (χ0v) is 19.0. The molecule has 0 atom stereocenters. The van der Waals surface area contributed by atoms with Crippen LogP contribution in [0.15, 0.2) is 46.2 Å². The molecule has 0 saturated heterocycles. The minimum Gasteiger partial charge on any atom is -0.480 e. The van der Waals surface area contributed by atoms with Crippen LogP contribution in [-0.2, 0) is 9.59 Å².